The number of benzene rings is 3. The molecule has 5 aromatic rings. The summed E-state index contributed by atoms with van der Waals surface area (Å²) < 4.78 is 1.82. The first-order valence-electron chi connectivity index (χ1n) is 9.39. The van der Waals surface area contributed by atoms with E-state index in [-0.39, 0.29) is 5.84 Å². The van der Waals surface area contributed by atoms with Gasteiger partial charge in [0, 0.05) is 29.1 Å². The van der Waals surface area contributed by atoms with Crippen LogP contribution in [-0.4, -0.2) is 20.4 Å². The second-order valence-corrected chi connectivity index (χ2v) is 7.16. The molecule has 5 heteroatoms. The van der Waals surface area contributed by atoms with Crippen LogP contribution in [0.1, 0.15) is 11.1 Å². The number of nitrogens with zero attached hydrogens (tertiary/aromatic N) is 3. The van der Waals surface area contributed by atoms with Crippen molar-refractivity contribution in [1.29, 1.82) is 5.41 Å². The Labute approximate surface area is 168 Å². The zero-order valence-corrected chi connectivity index (χ0v) is 15.9. The van der Waals surface area contributed by atoms with Gasteiger partial charge >= 0.3 is 0 Å². The molecule has 0 aliphatic carbocycles. The van der Waals surface area contributed by atoms with Crippen molar-refractivity contribution in [1.82, 2.24) is 14.6 Å². The number of nitrogens with one attached hydrogen (secondary N) is 1. The van der Waals surface area contributed by atoms with E-state index >= 15 is 0 Å². The maximum atomic E-state index is 7.86. The second kappa shape index (κ2) is 6.56. The predicted molar refractivity (Wildman–Crippen MR) is 117 cm³/mol. The summed E-state index contributed by atoms with van der Waals surface area (Å²) in [6, 6.07) is 20.2. The Kier molecular flexibility index (Phi) is 3.88. The van der Waals surface area contributed by atoms with E-state index < -0.39 is 0 Å². The van der Waals surface area contributed by atoms with Gasteiger partial charge in [0.25, 0.3) is 0 Å². The minimum Gasteiger partial charge on any atom is -0.384 e. The SMILES string of the molecule is Cc1ccc(-c2cnc3c(-c4ccc(C(=N)N)c5ccccc45)cnn3c2)cc1. The van der Waals surface area contributed by atoms with Crippen LogP contribution in [0.2, 0.25) is 0 Å². The van der Waals surface area contributed by atoms with E-state index in [4.69, 9.17) is 16.1 Å². The van der Waals surface area contributed by atoms with Crippen LogP contribution in [0.15, 0.2) is 79.3 Å². The van der Waals surface area contributed by atoms with Crippen molar-refractivity contribution in [3.05, 3.63) is 90.4 Å². The van der Waals surface area contributed by atoms with Gasteiger partial charge in [-0.25, -0.2) is 9.50 Å². The Balaban J connectivity index is 1.68. The third kappa shape index (κ3) is 2.84. The first-order chi connectivity index (χ1) is 14.1. The van der Waals surface area contributed by atoms with E-state index in [1.165, 1.54) is 5.56 Å². The summed E-state index contributed by atoms with van der Waals surface area (Å²) in [6.45, 7) is 2.08. The van der Waals surface area contributed by atoms with Gasteiger partial charge in [-0.15, -0.1) is 0 Å². The molecule has 0 unspecified atom stereocenters. The van der Waals surface area contributed by atoms with Gasteiger partial charge in [-0.3, -0.25) is 5.41 Å². The summed E-state index contributed by atoms with van der Waals surface area (Å²) >= 11 is 0. The summed E-state index contributed by atoms with van der Waals surface area (Å²) in [5, 5.41) is 14.4. The molecule has 0 aliphatic heterocycles. The molecule has 5 nitrogen and oxygen atoms in total. The normalized spacial score (nSPS) is 11.2. The van der Waals surface area contributed by atoms with E-state index in [0.717, 1.165) is 44.2 Å². The van der Waals surface area contributed by atoms with E-state index in [0.29, 0.717) is 0 Å². The highest BCUT2D eigenvalue weighted by Crippen LogP contribution is 2.33. The first kappa shape index (κ1) is 17.1. The average Bonchev–Trinajstić information content (AvgIpc) is 3.16. The fourth-order valence-electron chi connectivity index (χ4n) is 3.73. The Morgan fingerprint density at radius 1 is 0.862 bits per heavy atom. The molecule has 0 saturated carbocycles. The van der Waals surface area contributed by atoms with Crippen LogP contribution in [0.25, 0.3) is 38.7 Å². The Morgan fingerprint density at radius 2 is 1.62 bits per heavy atom. The number of hydrogen-bond donors (Lipinski definition) is 2. The van der Waals surface area contributed by atoms with Crippen LogP contribution in [-0.2, 0) is 0 Å². The van der Waals surface area contributed by atoms with Crippen molar-refractivity contribution in [2.75, 3.05) is 0 Å². The molecule has 0 spiro atoms. The van der Waals surface area contributed by atoms with Crippen molar-refractivity contribution < 1.29 is 0 Å². The highest BCUT2D eigenvalue weighted by Gasteiger charge is 2.14. The Hall–Kier alpha value is -3.99. The average molecular weight is 377 g/mol. The third-order valence-corrected chi connectivity index (χ3v) is 5.25. The molecule has 29 heavy (non-hydrogen) atoms. The summed E-state index contributed by atoms with van der Waals surface area (Å²) in [7, 11) is 0. The van der Waals surface area contributed by atoms with Gasteiger partial charge in [0.2, 0.25) is 0 Å². The number of hydrogen-bond acceptors (Lipinski definition) is 3. The third-order valence-electron chi connectivity index (χ3n) is 5.25. The molecule has 140 valence electrons. The smallest absolute Gasteiger partial charge is 0.162 e. The van der Waals surface area contributed by atoms with Crippen LogP contribution >= 0.6 is 0 Å². The zero-order valence-electron chi connectivity index (χ0n) is 15.9. The number of fused-ring (bicyclic) bond motifs is 2. The summed E-state index contributed by atoms with van der Waals surface area (Å²) in [5.74, 6) is 0.0634. The topological polar surface area (TPSA) is 80.1 Å². The maximum Gasteiger partial charge on any atom is 0.162 e. The highest BCUT2D eigenvalue weighted by atomic mass is 15.2. The lowest BCUT2D eigenvalue weighted by molar-refractivity contribution is 0.941. The fourth-order valence-corrected chi connectivity index (χ4v) is 3.73. The molecular formula is C24H19N5. The number of amidine groups is 1. The summed E-state index contributed by atoms with van der Waals surface area (Å²) in [5.41, 5.74) is 12.6. The minimum absolute atomic E-state index is 0.0634. The lowest BCUT2D eigenvalue weighted by atomic mass is 9.96. The molecule has 0 atom stereocenters. The molecule has 0 fully saturated rings. The number of nitrogens with two attached hydrogens (primary N) is 1. The zero-order chi connectivity index (χ0) is 20.0. The first-order valence-corrected chi connectivity index (χ1v) is 9.39. The summed E-state index contributed by atoms with van der Waals surface area (Å²) in [4.78, 5) is 4.71. The van der Waals surface area contributed by atoms with Gasteiger partial charge in [0.1, 0.15) is 5.84 Å². The largest absolute Gasteiger partial charge is 0.384 e. The number of aryl methyl sites for hydroxylation is 1. The molecule has 0 bridgehead atoms. The van der Waals surface area contributed by atoms with Crippen molar-refractivity contribution in [3.8, 4) is 22.3 Å². The standard InChI is InChI=1S/C24H19N5/c1-15-6-8-16(9-7-15)17-12-27-24-22(13-28-29(24)14-17)20-10-11-21(23(25)26)19-5-3-2-4-18(19)20/h2-14H,1H3,(H3,25,26). The monoisotopic (exact) mass is 377 g/mol. The number of aromatic nitrogens is 3. The van der Waals surface area contributed by atoms with E-state index in [9.17, 15) is 0 Å². The molecule has 2 aromatic heterocycles. The molecule has 3 aromatic carbocycles. The molecule has 0 radical (unpaired) electrons. The van der Waals surface area contributed by atoms with Crippen molar-refractivity contribution in [2.24, 2.45) is 5.73 Å². The predicted octanol–water partition coefficient (Wildman–Crippen LogP) is 4.81. The fraction of sp³-hybridized carbons (Fsp3) is 0.0417. The molecule has 0 amide bonds. The van der Waals surface area contributed by atoms with Crippen LogP contribution < -0.4 is 5.73 Å². The van der Waals surface area contributed by atoms with E-state index in [1.807, 2.05) is 59.5 Å². The quantitative estimate of drug-likeness (QED) is 0.350. The molecular weight excluding hydrogens is 358 g/mol. The summed E-state index contributed by atoms with van der Waals surface area (Å²) in [6.07, 6.45) is 5.73. The van der Waals surface area contributed by atoms with Gasteiger partial charge in [0.15, 0.2) is 5.65 Å². The van der Waals surface area contributed by atoms with E-state index in [2.05, 4.69) is 36.3 Å². The Bertz CT molecular complexity index is 1380. The number of nitrogen functional groups attached to an aromatic ring is 1. The molecule has 0 saturated heterocycles. The lowest BCUT2D eigenvalue weighted by Crippen LogP contribution is -2.11. The van der Waals surface area contributed by atoms with Crippen LogP contribution in [0.4, 0.5) is 0 Å². The van der Waals surface area contributed by atoms with E-state index in [1.54, 1.807) is 0 Å². The van der Waals surface area contributed by atoms with Gasteiger partial charge in [0.05, 0.1) is 6.20 Å². The highest BCUT2D eigenvalue weighted by molar-refractivity contribution is 6.12. The van der Waals surface area contributed by atoms with Crippen molar-refractivity contribution in [3.63, 3.8) is 0 Å². The van der Waals surface area contributed by atoms with Crippen LogP contribution in [0.5, 0.6) is 0 Å². The van der Waals surface area contributed by atoms with Crippen molar-refractivity contribution >= 4 is 22.3 Å². The van der Waals surface area contributed by atoms with Gasteiger partial charge in [-0.05, 0) is 28.8 Å². The van der Waals surface area contributed by atoms with Gasteiger partial charge in [-0.2, -0.15) is 5.10 Å². The maximum absolute atomic E-state index is 7.86. The molecule has 3 N–H and O–H groups in total. The van der Waals surface area contributed by atoms with Gasteiger partial charge < -0.3 is 5.73 Å². The molecule has 2 heterocycles. The second-order valence-electron chi connectivity index (χ2n) is 7.16. The van der Waals surface area contributed by atoms with Crippen molar-refractivity contribution in [2.45, 2.75) is 6.92 Å². The van der Waals surface area contributed by atoms with Gasteiger partial charge in [-0.1, -0.05) is 66.2 Å². The van der Waals surface area contributed by atoms with Crippen LogP contribution in [0, 0.1) is 12.3 Å². The van der Waals surface area contributed by atoms with Crippen LogP contribution in [0.3, 0.4) is 0 Å². The minimum atomic E-state index is 0.0634. The Morgan fingerprint density at radius 3 is 2.38 bits per heavy atom. The number of rotatable bonds is 3. The molecule has 5 rings (SSSR count). The molecule has 0 aliphatic rings. The lowest BCUT2D eigenvalue weighted by Gasteiger charge is -2.10.